The smallest absolute Gasteiger partial charge is 0.359 e. The van der Waals surface area contributed by atoms with E-state index in [0.717, 1.165) is 15.8 Å². The van der Waals surface area contributed by atoms with E-state index in [1.165, 1.54) is 19.2 Å². The third-order valence-corrected chi connectivity index (χ3v) is 4.71. The molecule has 9 heteroatoms. The maximum absolute atomic E-state index is 12.6. The normalized spacial score (nSPS) is 10.5. The molecule has 166 valence electrons. The molecular formula is C23H23N3O6. The first-order chi connectivity index (χ1) is 15.4. The van der Waals surface area contributed by atoms with Crippen molar-refractivity contribution >= 4 is 11.9 Å². The number of hydrogen-bond acceptors (Lipinski definition) is 7. The maximum Gasteiger partial charge on any atom is 0.359 e. The predicted octanol–water partition coefficient (Wildman–Crippen LogP) is 1.86. The minimum atomic E-state index is -0.804. The highest BCUT2D eigenvalue weighted by molar-refractivity contribution is 5.89. The molecule has 1 N–H and O–H groups in total. The summed E-state index contributed by atoms with van der Waals surface area (Å²) in [5.41, 5.74) is 1.20. The van der Waals surface area contributed by atoms with E-state index < -0.39 is 24.5 Å². The monoisotopic (exact) mass is 437 g/mol. The summed E-state index contributed by atoms with van der Waals surface area (Å²) in [6, 6.07) is 16.5. The Kier molecular flexibility index (Phi) is 7.22. The number of amides is 1. The largest absolute Gasteiger partial charge is 0.497 e. The Morgan fingerprint density at radius 2 is 1.44 bits per heavy atom. The molecule has 0 saturated heterocycles. The number of methoxy groups -OCH3 is 2. The first-order valence-electron chi connectivity index (χ1n) is 9.70. The van der Waals surface area contributed by atoms with Gasteiger partial charge >= 0.3 is 5.97 Å². The molecule has 1 amide bonds. The second kappa shape index (κ2) is 10.3. The molecule has 1 aromatic heterocycles. The van der Waals surface area contributed by atoms with Crippen molar-refractivity contribution in [3.05, 3.63) is 87.8 Å². The predicted molar refractivity (Wildman–Crippen MR) is 116 cm³/mol. The average molecular weight is 437 g/mol. The summed E-state index contributed by atoms with van der Waals surface area (Å²) in [7, 11) is 4.57. The van der Waals surface area contributed by atoms with Crippen molar-refractivity contribution in [1.29, 1.82) is 0 Å². The van der Waals surface area contributed by atoms with Crippen LogP contribution < -0.4 is 20.3 Å². The molecule has 0 unspecified atom stereocenters. The third kappa shape index (κ3) is 5.51. The lowest BCUT2D eigenvalue weighted by atomic mass is 9.98. The van der Waals surface area contributed by atoms with Crippen LogP contribution in [0.1, 0.15) is 27.7 Å². The van der Waals surface area contributed by atoms with Crippen LogP contribution in [0.3, 0.4) is 0 Å². The second-order valence-electron chi connectivity index (χ2n) is 6.80. The van der Waals surface area contributed by atoms with Crippen LogP contribution >= 0.6 is 0 Å². The summed E-state index contributed by atoms with van der Waals surface area (Å²) < 4.78 is 16.5. The SMILES string of the molecule is COc1ccc(C(NC(=O)COC(=O)c2ccc(=O)n(C)n2)c2ccc(OC)cc2)cc1. The Balaban J connectivity index is 1.74. The third-order valence-electron chi connectivity index (χ3n) is 4.71. The second-order valence-corrected chi connectivity index (χ2v) is 6.80. The molecular weight excluding hydrogens is 414 g/mol. The van der Waals surface area contributed by atoms with Gasteiger partial charge in [0, 0.05) is 13.1 Å². The average Bonchev–Trinajstić information content (AvgIpc) is 2.83. The molecule has 0 aliphatic heterocycles. The van der Waals surface area contributed by atoms with Crippen molar-refractivity contribution in [1.82, 2.24) is 15.1 Å². The number of aromatic nitrogens is 2. The Bertz CT molecular complexity index is 1090. The van der Waals surface area contributed by atoms with Gasteiger partial charge in [-0.1, -0.05) is 24.3 Å². The van der Waals surface area contributed by atoms with E-state index in [4.69, 9.17) is 14.2 Å². The number of carbonyl (C=O) groups is 2. The van der Waals surface area contributed by atoms with E-state index in [1.54, 1.807) is 38.5 Å². The zero-order chi connectivity index (χ0) is 23.1. The van der Waals surface area contributed by atoms with E-state index >= 15 is 0 Å². The van der Waals surface area contributed by atoms with E-state index in [2.05, 4.69) is 10.4 Å². The van der Waals surface area contributed by atoms with Crippen molar-refractivity contribution in [3.63, 3.8) is 0 Å². The number of esters is 1. The van der Waals surface area contributed by atoms with Crippen LogP contribution in [0.4, 0.5) is 0 Å². The van der Waals surface area contributed by atoms with Crippen molar-refractivity contribution in [2.75, 3.05) is 20.8 Å². The van der Waals surface area contributed by atoms with Crippen LogP contribution in [-0.4, -0.2) is 42.5 Å². The number of aryl methyl sites for hydroxylation is 1. The van der Waals surface area contributed by atoms with Gasteiger partial charge in [-0.2, -0.15) is 5.10 Å². The highest BCUT2D eigenvalue weighted by atomic mass is 16.5. The van der Waals surface area contributed by atoms with Crippen LogP contribution in [0.2, 0.25) is 0 Å². The summed E-state index contributed by atoms with van der Waals surface area (Å²) in [5.74, 6) is 0.0699. The molecule has 0 aliphatic rings. The molecule has 2 aromatic carbocycles. The first kappa shape index (κ1) is 22.5. The molecule has 0 fully saturated rings. The Labute approximate surface area is 184 Å². The Hall–Kier alpha value is -4.14. The number of ether oxygens (including phenoxy) is 3. The highest BCUT2D eigenvalue weighted by Crippen LogP contribution is 2.26. The maximum atomic E-state index is 12.6. The van der Waals surface area contributed by atoms with Crippen molar-refractivity contribution < 1.29 is 23.8 Å². The first-order valence-corrected chi connectivity index (χ1v) is 9.70. The van der Waals surface area contributed by atoms with Crippen molar-refractivity contribution in [2.45, 2.75) is 6.04 Å². The number of hydrogen-bond donors (Lipinski definition) is 1. The summed E-state index contributed by atoms with van der Waals surface area (Å²) in [6.45, 7) is -0.508. The minimum Gasteiger partial charge on any atom is -0.497 e. The van der Waals surface area contributed by atoms with Gasteiger partial charge in [-0.25, -0.2) is 9.48 Å². The van der Waals surface area contributed by atoms with Gasteiger partial charge in [-0.05, 0) is 41.5 Å². The molecule has 0 bridgehead atoms. The lowest BCUT2D eigenvalue weighted by molar-refractivity contribution is -0.124. The van der Waals surface area contributed by atoms with Crippen LogP contribution in [0.5, 0.6) is 11.5 Å². The molecule has 9 nitrogen and oxygen atoms in total. The van der Waals surface area contributed by atoms with Gasteiger partial charge in [0.05, 0.1) is 20.3 Å². The number of benzene rings is 2. The molecule has 0 aliphatic carbocycles. The van der Waals surface area contributed by atoms with Gasteiger partial charge in [0.15, 0.2) is 12.3 Å². The number of rotatable bonds is 8. The molecule has 0 radical (unpaired) electrons. The van der Waals surface area contributed by atoms with Gasteiger partial charge in [0.1, 0.15) is 11.5 Å². The zero-order valence-corrected chi connectivity index (χ0v) is 17.9. The van der Waals surface area contributed by atoms with Crippen molar-refractivity contribution in [2.24, 2.45) is 7.05 Å². The highest BCUT2D eigenvalue weighted by Gasteiger charge is 2.19. The topological polar surface area (TPSA) is 109 Å². The molecule has 1 heterocycles. The zero-order valence-electron chi connectivity index (χ0n) is 17.9. The van der Waals surface area contributed by atoms with Gasteiger partial charge in [0.2, 0.25) is 0 Å². The molecule has 3 rings (SSSR count). The van der Waals surface area contributed by atoms with Crippen LogP contribution in [0, 0.1) is 0 Å². The number of carbonyl (C=O) groups excluding carboxylic acids is 2. The fourth-order valence-corrected chi connectivity index (χ4v) is 2.97. The molecule has 32 heavy (non-hydrogen) atoms. The Morgan fingerprint density at radius 3 is 1.91 bits per heavy atom. The fourth-order valence-electron chi connectivity index (χ4n) is 2.97. The molecule has 3 aromatic rings. The van der Waals surface area contributed by atoms with E-state index in [-0.39, 0.29) is 11.3 Å². The molecule has 0 saturated carbocycles. The molecule has 0 atom stereocenters. The van der Waals surface area contributed by atoms with Gasteiger partial charge in [-0.3, -0.25) is 9.59 Å². The summed E-state index contributed by atoms with van der Waals surface area (Å²) >= 11 is 0. The Morgan fingerprint density at radius 1 is 0.906 bits per heavy atom. The standard InChI is InChI=1S/C23H23N3O6/c1-26-21(28)13-12-19(25-26)23(29)32-14-20(27)24-22(15-4-8-17(30-2)9-5-15)16-6-10-18(31-3)11-7-16/h4-13,22H,14H2,1-3H3,(H,24,27). The number of nitrogens with one attached hydrogen (secondary N) is 1. The van der Waals surface area contributed by atoms with Gasteiger partial charge in [0.25, 0.3) is 11.5 Å². The van der Waals surface area contributed by atoms with Gasteiger partial charge in [-0.15, -0.1) is 0 Å². The molecule has 0 spiro atoms. The van der Waals surface area contributed by atoms with Crippen LogP contribution in [-0.2, 0) is 16.6 Å². The van der Waals surface area contributed by atoms with Gasteiger partial charge < -0.3 is 19.5 Å². The van der Waals surface area contributed by atoms with Crippen LogP contribution in [0.15, 0.2) is 65.5 Å². The summed E-state index contributed by atoms with van der Waals surface area (Å²) in [4.78, 5) is 36.2. The van der Waals surface area contributed by atoms with E-state index in [9.17, 15) is 14.4 Å². The van der Waals surface area contributed by atoms with E-state index in [0.29, 0.717) is 11.5 Å². The lowest BCUT2D eigenvalue weighted by Gasteiger charge is -2.20. The van der Waals surface area contributed by atoms with Crippen LogP contribution in [0.25, 0.3) is 0 Å². The quantitative estimate of drug-likeness (QED) is 0.536. The van der Waals surface area contributed by atoms with E-state index in [1.807, 2.05) is 24.3 Å². The number of nitrogens with zero attached hydrogens (tertiary/aromatic N) is 2. The minimum absolute atomic E-state index is 0.0678. The lowest BCUT2D eigenvalue weighted by Crippen LogP contribution is -2.33. The summed E-state index contributed by atoms with van der Waals surface area (Å²) in [6.07, 6.45) is 0. The summed E-state index contributed by atoms with van der Waals surface area (Å²) in [5, 5.41) is 6.69. The van der Waals surface area contributed by atoms with Crippen molar-refractivity contribution in [3.8, 4) is 11.5 Å². The fraction of sp³-hybridized carbons (Fsp3) is 0.217.